The summed E-state index contributed by atoms with van der Waals surface area (Å²) in [4.78, 5) is 6.72. The Morgan fingerprint density at radius 2 is 1.74 bits per heavy atom. The molecule has 0 aliphatic rings. The van der Waals surface area contributed by atoms with Gasteiger partial charge in [0.2, 0.25) is 0 Å². The molecular weight excluding hydrogens is 430 g/mol. The summed E-state index contributed by atoms with van der Waals surface area (Å²) in [7, 11) is 0.493. The topological polar surface area (TPSA) is 62.3 Å². The SMILES string of the molecule is CN(C)c1cccc2c(S(=O)(=O)CCCNc3ccnc4cc(Cl)ccc34)cccc12. The number of aromatic nitrogens is 1. The number of hydrogen-bond donors (Lipinski definition) is 1. The highest BCUT2D eigenvalue weighted by Gasteiger charge is 2.18. The Hall–Kier alpha value is -2.83. The molecule has 4 aromatic rings. The zero-order valence-electron chi connectivity index (χ0n) is 17.5. The van der Waals surface area contributed by atoms with Gasteiger partial charge < -0.3 is 10.2 Å². The van der Waals surface area contributed by atoms with E-state index >= 15 is 0 Å². The molecule has 0 atom stereocenters. The van der Waals surface area contributed by atoms with Crippen LogP contribution in [0.15, 0.2) is 71.8 Å². The average molecular weight is 454 g/mol. The Kier molecular flexibility index (Phi) is 6.03. The molecule has 0 aliphatic carbocycles. The highest BCUT2D eigenvalue weighted by Crippen LogP contribution is 2.31. The Morgan fingerprint density at radius 1 is 0.968 bits per heavy atom. The number of fused-ring (bicyclic) bond motifs is 2. The van der Waals surface area contributed by atoms with Crippen LogP contribution in [0.5, 0.6) is 0 Å². The minimum absolute atomic E-state index is 0.0696. The minimum atomic E-state index is -3.42. The highest BCUT2D eigenvalue weighted by molar-refractivity contribution is 7.91. The summed E-state index contributed by atoms with van der Waals surface area (Å²) < 4.78 is 26.2. The summed E-state index contributed by atoms with van der Waals surface area (Å²) in [5.41, 5.74) is 2.72. The van der Waals surface area contributed by atoms with E-state index in [1.165, 1.54) is 0 Å². The van der Waals surface area contributed by atoms with Gasteiger partial charge in [0.1, 0.15) is 0 Å². The molecule has 1 N–H and O–H groups in total. The first-order valence-electron chi connectivity index (χ1n) is 10.1. The van der Waals surface area contributed by atoms with Crippen molar-refractivity contribution in [3.63, 3.8) is 0 Å². The summed E-state index contributed by atoms with van der Waals surface area (Å²) in [6.07, 6.45) is 2.21. The van der Waals surface area contributed by atoms with Gasteiger partial charge in [0, 0.05) is 59.4 Å². The summed E-state index contributed by atoms with van der Waals surface area (Å²) in [6, 6.07) is 18.7. The Labute approximate surface area is 187 Å². The van der Waals surface area contributed by atoms with Crippen molar-refractivity contribution >= 4 is 54.5 Å². The molecule has 1 heterocycles. The van der Waals surface area contributed by atoms with Gasteiger partial charge in [0.25, 0.3) is 0 Å². The molecule has 7 heteroatoms. The second-order valence-electron chi connectivity index (χ2n) is 7.64. The van der Waals surface area contributed by atoms with Gasteiger partial charge in [-0.25, -0.2) is 8.42 Å². The molecule has 0 spiro atoms. The van der Waals surface area contributed by atoms with Crippen LogP contribution in [0.2, 0.25) is 5.02 Å². The zero-order chi connectivity index (χ0) is 22.0. The second-order valence-corrected chi connectivity index (χ2v) is 10.2. The van der Waals surface area contributed by atoms with Gasteiger partial charge >= 0.3 is 0 Å². The lowest BCUT2D eigenvalue weighted by Crippen LogP contribution is -2.13. The normalized spacial score (nSPS) is 11.7. The van der Waals surface area contributed by atoms with Crippen LogP contribution in [0.25, 0.3) is 21.7 Å². The monoisotopic (exact) mass is 453 g/mol. The van der Waals surface area contributed by atoms with Crippen LogP contribution >= 0.6 is 11.6 Å². The van der Waals surface area contributed by atoms with E-state index in [-0.39, 0.29) is 5.75 Å². The molecule has 0 aliphatic heterocycles. The smallest absolute Gasteiger partial charge is 0.179 e. The highest BCUT2D eigenvalue weighted by atomic mass is 35.5. The van der Waals surface area contributed by atoms with E-state index in [9.17, 15) is 8.42 Å². The third-order valence-electron chi connectivity index (χ3n) is 5.29. The van der Waals surface area contributed by atoms with Crippen molar-refractivity contribution in [2.75, 3.05) is 36.6 Å². The Balaban J connectivity index is 1.50. The third-order valence-corrected chi connectivity index (χ3v) is 7.37. The van der Waals surface area contributed by atoms with E-state index in [0.717, 1.165) is 33.1 Å². The van der Waals surface area contributed by atoms with Crippen LogP contribution in [0.3, 0.4) is 0 Å². The Bertz CT molecular complexity index is 1350. The molecule has 0 fully saturated rings. The fraction of sp³-hybridized carbons (Fsp3) is 0.208. The van der Waals surface area contributed by atoms with Crippen molar-refractivity contribution < 1.29 is 8.42 Å². The van der Waals surface area contributed by atoms with Gasteiger partial charge in [0.15, 0.2) is 9.84 Å². The first-order valence-corrected chi connectivity index (χ1v) is 12.1. The molecule has 0 unspecified atom stereocenters. The van der Waals surface area contributed by atoms with E-state index in [2.05, 4.69) is 10.3 Å². The number of benzene rings is 3. The molecule has 5 nitrogen and oxygen atoms in total. The summed E-state index contributed by atoms with van der Waals surface area (Å²) in [6.45, 7) is 0.536. The summed E-state index contributed by atoms with van der Waals surface area (Å²) in [5, 5.41) is 6.63. The maximum absolute atomic E-state index is 13.1. The second kappa shape index (κ2) is 8.73. The van der Waals surface area contributed by atoms with Crippen LogP contribution in [-0.2, 0) is 9.84 Å². The maximum Gasteiger partial charge on any atom is 0.179 e. The lowest BCUT2D eigenvalue weighted by Gasteiger charge is -2.17. The molecule has 0 saturated heterocycles. The van der Waals surface area contributed by atoms with Crippen LogP contribution in [-0.4, -0.2) is 39.8 Å². The van der Waals surface area contributed by atoms with Crippen LogP contribution < -0.4 is 10.2 Å². The van der Waals surface area contributed by atoms with Crippen molar-refractivity contribution in [1.29, 1.82) is 0 Å². The number of anilines is 2. The van der Waals surface area contributed by atoms with E-state index in [4.69, 9.17) is 11.6 Å². The molecule has 31 heavy (non-hydrogen) atoms. The van der Waals surface area contributed by atoms with Crippen LogP contribution in [0.4, 0.5) is 11.4 Å². The van der Waals surface area contributed by atoms with Crippen molar-refractivity contribution in [3.8, 4) is 0 Å². The van der Waals surface area contributed by atoms with Gasteiger partial charge in [-0.05, 0) is 42.8 Å². The molecule has 0 amide bonds. The molecule has 0 radical (unpaired) electrons. The predicted octanol–water partition coefficient (Wildman–Crippen LogP) is 5.38. The molecule has 0 bridgehead atoms. The zero-order valence-corrected chi connectivity index (χ0v) is 19.0. The van der Waals surface area contributed by atoms with Crippen molar-refractivity contribution in [2.45, 2.75) is 11.3 Å². The van der Waals surface area contributed by atoms with Gasteiger partial charge in [-0.15, -0.1) is 0 Å². The molecular formula is C24H24ClN3O2S. The quantitative estimate of drug-likeness (QED) is 0.380. The molecule has 1 aromatic heterocycles. The predicted molar refractivity (Wildman–Crippen MR) is 130 cm³/mol. The first-order chi connectivity index (χ1) is 14.9. The molecule has 3 aromatic carbocycles. The number of nitrogens with one attached hydrogen (secondary N) is 1. The lowest BCUT2D eigenvalue weighted by molar-refractivity contribution is 0.595. The number of rotatable bonds is 7. The van der Waals surface area contributed by atoms with Crippen molar-refractivity contribution in [3.05, 3.63) is 71.9 Å². The number of halogens is 1. The summed E-state index contributed by atoms with van der Waals surface area (Å²) >= 11 is 6.04. The van der Waals surface area contributed by atoms with Crippen LogP contribution in [0, 0.1) is 0 Å². The largest absolute Gasteiger partial charge is 0.384 e. The van der Waals surface area contributed by atoms with Gasteiger partial charge in [0.05, 0.1) is 16.2 Å². The lowest BCUT2D eigenvalue weighted by atomic mass is 10.1. The van der Waals surface area contributed by atoms with Gasteiger partial charge in [-0.2, -0.15) is 0 Å². The fourth-order valence-corrected chi connectivity index (χ4v) is 5.51. The standard InChI is InChI=1S/C24H24ClN3O2S/c1-28(2)23-8-3-7-19-18(23)6-4-9-24(19)31(29,30)15-5-13-26-21-12-14-27-22-16-17(25)10-11-20(21)22/h3-4,6-12,14,16H,5,13,15H2,1-2H3,(H,26,27). The third kappa shape index (κ3) is 4.45. The number of nitrogens with zero attached hydrogens (tertiary/aromatic N) is 2. The van der Waals surface area contributed by atoms with Gasteiger partial charge in [-0.3, -0.25) is 4.98 Å². The molecule has 0 saturated carbocycles. The number of sulfone groups is 1. The van der Waals surface area contributed by atoms with Crippen LogP contribution in [0.1, 0.15) is 6.42 Å². The van der Waals surface area contributed by atoms with E-state index < -0.39 is 9.84 Å². The summed E-state index contributed by atoms with van der Waals surface area (Å²) in [5.74, 6) is 0.0696. The molecule has 4 rings (SSSR count). The van der Waals surface area contributed by atoms with Gasteiger partial charge in [-0.1, -0.05) is 35.9 Å². The first kappa shape index (κ1) is 21.4. The Morgan fingerprint density at radius 3 is 2.55 bits per heavy atom. The molecule has 160 valence electrons. The minimum Gasteiger partial charge on any atom is -0.384 e. The number of hydrogen-bond acceptors (Lipinski definition) is 5. The van der Waals surface area contributed by atoms with E-state index in [1.54, 1.807) is 12.3 Å². The average Bonchev–Trinajstić information content (AvgIpc) is 2.75. The van der Waals surface area contributed by atoms with E-state index in [1.807, 2.05) is 73.6 Å². The number of pyridine rings is 1. The van der Waals surface area contributed by atoms with Crippen molar-refractivity contribution in [1.82, 2.24) is 4.98 Å². The van der Waals surface area contributed by atoms with E-state index in [0.29, 0.717) is 22.9 Å². The fourth-order valence-electron chi connectivity index (χ4n) is 3.80. The maximum atomic E-state index is 13.1. The van der Waals surface area contributed by atoms with Crippen molar-refractivity contribution in [2.24, 2.45) is 0 Å².